The summed E-state index contributed by atoms with van der Waals surface area (Å²) in [7, 11) is 1.78. The van der Waals surface area contributed by atoms with Crippen LogP contribution in [0.5, 0.6) is 5.75 Å². The van der Waals surface area contributed by atoms with Gasteiger partial charge in [0.1, 0.15) is 5.75 Å². The average Bonchev–Trinajstić information content (AvgIpc) is 2.76. The summed E-state index contributed by atoms with van der Waals surface area (Å²) in [5.74, 6) is 2.60. The smallest absolute Gasteiger partial charge is 0.122 e. The van der Waals surface area contributed by atoms with Crippen LogP contribution in [0.4, 0.5) is 0 Å². The highest BCUT2D eigenvalue weighted by molar-refractivity contribution is 5.45. The zero-order valence-corrected chi connectivity index (χ0v) is 9.12. The molecule has 1 N–H and O–H groups in total. The van der Waals surface area contributed by atoms with Crippen LogP contribution in [0.3, 0.4) is 0 Å². The third-order valence-corrected chi connectivity index (χ3v) is 3.87. The largest absolute Gasteiger partial charge is 0.496 e. The number of rotatable bonds is 1. The van der Waals surface area contributed by atoms with Gasteiger partial charge in [-0.3, -0.25) is 0 Å². The standard InChI is InChI=1S/C13H17NO/c1-15-12-4-2-3-9-5-6-10-7-14-8-11(10)13(9)12/h2-4,10-11,14H,5-8H2,1H3/t10-,11-/m0/s1. The lowest BCUT2D eigenvalue weighted by molar-refractivity contribution is 0.384. The number of fused-ring (bicyclic) bond motifs is 3. The maximum absolute atomic E-state index is 5.49. The maximum Gasteiger partial charge on any atom is 0.122 e. The Morgan fingerprint density at radius 3 is 3.13 bits per heavy atom. The molecule has 0 bridgehead atoms. The molecule has 1 heterocycles. The number of hydrogen-bond acceptors (Lipinski definition) is 2. The van der Waals surface area contributed by atoms with Gasteiger partial charge in [0.05, 0.1) is 7.11 Å². The second-order valence-corrected chi connectivity index (χ2v) is 4.60. The number of nitrogens with one attached hydrogen (secondary N) is 1. The molecule has 3 rings (SSSR count). The summed E-state index contributed by atoms with van der Waals surface area (Å²) in [6.07, 6.45) is 2.55. The number of aryl methyl sites for hydroxylation is 1. The highest BCUT2D eigenvalue weighted by Crippen LogP contribution is 2.42. The first-order valence-corrected chi connectivity index (χ1v) is 5.76. The Morgan fingerprint density at radius 2 is 2.27 bits per heavy atom. The first kappa shape index (κ1) is 9.22. The van der Waals surface area contributed by atoms with E-state index in [0.29, 0.717) is 5.92 Å². The van der Waals surface area contributed by atoms with Crippen LogP contribution < -0.4 is 10.1 Å². The molecule has 1 aliphatic heterocycles. The first-order chi connectivity index (χ1) is 7.40. The van der Waals surface area contributed by atoms with Crippen LogP contribution in [0.1, 0.15) is 23.5 Å². The Bertz CT molecular complexity index is 361. The fourth-order valence-electron chi connectivity index (χ4n) is 3.12. The van der Waals surface area contributed by atoms with E-state index in [4.69, 9.17) is 4.74 Å². The van der Waals surface area contributed by atoms with Crippen molar-refractivity contribution in [2.75, 3.05) is 20.2 Å². The van der Waals surface area contributed by atoms with Gasteiger partial charge < -0.3 is 10.1 Å². The van der Waals surface area contributed by atoms with E-state index >= 15 is 0 Å². The van der Waals surface area contributed by atoms with Gasteiger partial charge in [0.2, 0.25) is 0 Å². The van der Waals surface area contributed by atoms with E-state index in [1.165, 1.54) is 30.5 Å². The molecule has 2 aliphatic rings. The van der Waals surface area contributed by atoms with Crippen molar-refractivity contribution in [3.63, 3.8) is 0 Å². The Kier molecular flexibility index (Phi) is 2.17. The number of ether oxygens (including phenoxy) is 1. The van der Waals surface area contributed by atoms with Crippen LogP contribution in [0.2, 0.25) is 0 Å². The van der Waals surface area contributed by atoms with E-state index in [0.717, 1.165) is 18.2 Å². The zero-order chi connectivity index (χ0) is 10.3. The molecular formula is C13H17NO. The van der Waals surface area contributed by atoms with Crippen molar-refractivity contribution >= 4 is 0 Å². The minimum atomic E-state index is 0.685. The molecular weight excluding hydrogens is 186 g/mol. The van der Waals surface area contributed by atoms with Gasteiger partial charge in [-0.05, 0) is 36.9 Å². The van der Waals surface area contributed by atoms with Crippen molar-refractivity contribution in [2.45, 2.75) is 18.8 Å². The lowest BCUT2D eigenvalue weighted by Gasteiger charge is -2.28. The van der Waals surface area contributed by atoms with Crippen molar-refractivity contribution < 1.29 is 4.74 Å². The summed E-state index contributed by atoms with van der Waals surface area (Å²) in [5.41, 5.74) is 2.97. The minimum absolute atomic E-state index is 0.685. The molecule has 0 unspecified atom stereocenters. The predicted molar refractivity (Wildman–Crippen MR) is 60.4 cm³/mol. The molecule has 1 saturated heterocycles. The molecule has 0 spiro atoms. The van der Waals surface area contributed by atoms with Gasteiger partial charge in [-0.1, -0.05) is 12.1 Å². The Labute approximate surface area is 90.6 Å². The van der Waals surface area contributed by atoms with Crippen LogP contribution in [0.15, 0.2) is 18.2 Å². The lowest BCUT2D eigenvalue weighted by atomic mass is 9.76. The molecule has 0 radical (unpaired) electrons. The Hall–Kier alpha value is -1.02. The van der Waals surface area contributed by atoms with Crippen molar-refractivity contribution in [2.24, 2.45) is 5.92 Å². The topological polar surface area (TPSA) is 21.3 Å². The van der Waals surface area contributed by atoms with Crippen molar-refractivity contribution in [3.05, 3.63) is 29.3 Å². The normalized spacial score (nSPS) is 28.3. The molecule has 15 heavy (non-hydrogen) atoms. The van der Waals surface area contributed by atoms with Gasteiger partial charge in [0.15, 0.2) is 0 Å². The van der Waals surface area contributed by atoms with Crippen molar-refractivity contribution in [3.8, 4) is 5.75 Å². The lowest BCUT2D eigenvalue weighted by Crippen LogP contribution is -2.19. The van der Waals surface area contributed by atoms with E-state index in [1.807, 2.05) is 0 Å². The zero-order valence-electron chi connectivity index (χ0n) is 9.12. The third kappa shape index (κ3) is 1.36. The summed E-state index contributed by atoms with van der Waals surface area (Å²) in [4.78, 5) is 0. The number of methoxy groups -OCH3 is 1. The van der Waals surface area contributed by atoms with Crippen LogP contribution >= 0.6 is 0 Å². The molecule has 0 aromatic heterocycles. The van der Waals surface area contributed by atoms with Crippen LogP contribution in [-0.4, -0.2) is 20.2 Å². The summed E-state index contributed by atoms with van der Waals surface area (Å²) in [5, 5.41) is 3.50. The predicted octanol–water partition coefficient (Wildman–Crippen LogP) is 1.94. The van der Waals surface area contributed by atoms with Crippen LogP contribution in [0.25, 0.3) is 0 Å². The quantitative estimate of drug-likeness (QED) is 0.753. The third-order valence-electron chi connectivity index (χ3n) is 3.87. The molecule has 2 nitrogen and oxygen atoms in total. The molecule has 80 valence electrons. The summed E-state index contributed by atoms with van der Waals surface area (Å²) >= 11 is 0. The molecule has 1 aromatic rings. The molecule has 0 amide bonds. The number of benzene rings is 1. The van der Waals surface area contributed by atoms with E-state index < -0.39 is 0 Å². The van der Waals surface area contributed by atoms with Crippen LogP contribution in [-0.2, 0) is 6.42 Å². The summed E-state index contributed by atoms with van der Waals surface area (Å²) in [6, 6.07) is 6.46. The molecule has 1 aliphatic carbocycles. The van der Waals surface area contributed by atoms with Gasteiger partial charge in [0, 0.05) is 18.0 Å². The molecule has 1 fully saturated rings. The van der Waals surface area contributed by atoms with Crippen LogP contribution in [0, 0.1) is 5.92 Å². The Morgan fingerprint density at radius 1 is 1.33 bits per heavy atom. The second kappa shape index (κ2) is 3.53. The van der Waals surface area contributed by atoms with Crippen molar-refractivity contribution in [1.82, 2.24) is 5.32 Å². The van der Waals surface area contributed by atoms with Crippen molar-refractivity contribution in [1.29, 1.82) is 0 Å². The first-order valence-electron chi connectivity index (χ1n) is 5.76. The number of hydrogen-bond donors (Lipinski definition) is 1. The monoisotopic (exact) mass is 203 g/mol. The van der Waals surface area contributed by atoms with Gasteiger partial charge in [-0.15, -0.1) is 0 Å². The molecule has 2 heteroatoms. The van der Waals surface area contributed by atoms with Gasteiger partial charge in [0.25, 0.3) is 0 Å². The van der Waals surface area contributed by atoms with E-state index in [1.54, 1.807) is 7.11 Å². The van der Waals surface area contributed by atoms with E-state index in [9.17, 15) is 0 Å². The van der Waals surface area contributed by atoms with Gasteiger partial charge >= 0.3 is 0 Å². The molecule has 2 atom stereocenters. The maximum atomic E-state index is 5.49. The second-order valence-electron chi connectivity index (χ2n) is 4.60. The van der Waals surface area contributed by atoms with E-state index in [-0.39, 0.29) is 0 Å². The van der Waals surface area contributed by atoms with Gasteiger partial charge in [-0.25, -0.2) is 0 Å². The highest BCUT2D eigenvalue weighted by Gasteiger charge is 2.34. The fraction of sp³-hybridized carbons (Fsp3) is 0.538. The molecule has 1 aromatic carbocycles. The fourth-order valence-corrected chi connectivity index (χ4v) is 3.12. The minimum Gasteiger partial charge on any atom is -0.496 e. The average molecular weight is 203 g/mol. The van der Waals surface area contributed by atoms with Gasteiger partial charge in [-0.2, -0.15) is 0 Å². The highest BCUT2D eigenvalue weighted by atomic mass is 16.5. The molecule has 0 saturated carbocycles. The summed E-state index contributed by atoms with van der Waals surface area (Å²) in [6.45, 7) is 2.31. The summed E-state index contributed by atoms with van der Waals surface area (Å²) < 4.78 is 5.49. The Balaban J connectivity index is 2.10. The SMILES string of the molecule is COc1cccc2c1[C@H]1CNC[C@@H]1CC2. The van der Waals surface area contributed by atoms with E-state index in [2.05, 4.69) is 23.5 Å².